The molecular weight excluding hydrogens is 350 g/mol. The Morgan fingerprint density at radius 3 is 2.35 bits per heavy atom. The first-order valence-corrected chi connectivity index (χ1v) is 9.04. The Hall–Kier alpha value is -1.95. The van der Waals surface area contributed by atoms with Gasteiger partial charge in [0.15, 0.2) is 0 Å². The van der Waals surface area contributed by atoms with Crippen LogP contribution < -0.4 is 5.32 Å². The molecule has 1 unspecified atom stereocenters. The highest BCUT2D eigenvalue weighted by molar-refractivity contribution is 7.90. The van der Waals surface area contributed by atoms with Crippen molar-refractivity contribution in [3.63, 3.8) is 0 Å². The molecule has 0 saturated carbocycles. The number of amides is 1. The number of carbonyl (C=O) groups is 1. The molecule has 2 aliphatic rings. The van der Waals surface area contributed by atoms with Crippen LogP contribution in [0.15, 0.2) is 46.1 Å². The minimum atomic E-state index is -5.16. The number of aliphatic hydroxyl groups excluding tert-OH is 1. The SMILES string of the molecule is CC(=O)NC1(S(=O)(=O)O)C=C(S(=O)(=O)O)C=C2C=CCC(O)=C21. The van der Waals surface area contributed by atoms with Crippen molar-refractivity contribution in [2.75, 3.05) is 0 Å². The average molecular weight is 363 g/mol. The van der Waals surface area contributed by atoms with Crippen molar-refractivity contribution < 1.29 is 35.8 Å². The van der Waals surface area contributed by atoms with E-state index in [-0.39, 0.29) is 17.6 Å². The number of hydrogen-bond acceptors (Lipinski definition) is 6. The maximum Gasteiger partial charge on any atom is 0.297 e. The van der Waals surface area contributed by atoms with E-state index < -0.39 is 41.7 Å². The Kier molecular flexibility index (Phi) is 4.01. The number of carbonyl (C=O) groups excluding carboxylic acids is 1. The van der Waals surface area contributed by atoms with Gasteiger partial charge >= 0.3 is 0 Å². The van der Waals surface area contributed by atoms with Crippen LogP contribution in [0.25, 0.3) is 0 Å². The highest BCUT2D eigenvalue weighted by Crippen LogP contribution is 2.41. The number of nitrogens with one attached hydrogen (secondary N) is 1. The molecule has 0 aromatic rings. The number of hydrogen-bond donors (Lipinski definition) is 4. The molecule has 0 aromatic carbocycles. The Morgan fingerprint density at radius 1 is 1.26 bits per heavy atom. The zero-order valence-corrected chi connectivity index (χ0v) is 13.3. The predicted molar refractivity (Wildman–Crippen MR) is 79.2 cm³/mol. The van der Waals surface area contributed by atoms with Crippen LogP contribution in [0.3, 0.4) is 0 Å². The van der Waals surface area contributed by atoms with Crippen LogP contribution >= 0.6 is 0 Å². The summed E-state index contributed by atoms with van der Waals surface area (Å²) in [6.45, 7) is 0.947. The first-order chi connectivity index (χ1) is 10.4. The van der Waals surface area contributed by atoms with Crippen LogP contribution in [0.4, 0.5) is 0 Å². The topological polar surface area (TPSA) is 158 Å². The maximum atomic E-state index is 11.9. The molecule has 0 heterocycles. The fourth-order valence-corrected chi connectivity index (χ4v) is 4.16. The maximum absolute atomic E-state index is 11.9. The molecule has 2 rings (SSSR count). The second-order valence-electron chi connectivity index (χ2n) is 4.94. The summed E-state index contributed by atoms with van der Waals surface area (Å²) in [7, 11) is -10.00. The van der Waals surface area contributed by atoms with Gasteiger partial charge in [0.25, 0.3) is 20.2 Å². The highest BCUT2D eigenvalue weighted by Gasteiger charge is 2.51. The van der Waals surface area contributed by atoms with Crippen molar-refractivity contribution in [1.29, 1.82) is 0 Å². The molecule has 0 fully saturated rings. The van der Waals surface area contributed by atoms with Crippen molar-refractivity contribution in [2.45, 2.75) is 18.2 Å². The zero-order chi connectivity index (χ0) is 17.6. The molecule has 11 heteroatoms. The Morgan fingerprint density at radius 2 is 1.87 bits per heavy atom. The quantitative estimate of drug-likeness (QED) is 0.517. The summed E-state index contributed by atoms with van der Waals surface area (Å²) in [6, 6.07) is 0. The summed E-state index contributed by atoms with van der Waals surface area (Å²) in [5.41, 5.74) is -0.472. The Balaban J connectivity index is 2.93. The normalized spacial score (nSPS) is 24.7. The van der Waals surface area contributed by atoms with Crippen molar-refractivity contribution in [2.24, 2.45) is 0 Å². The fourth-order valence-electron chi connectivity index (χ4n) is 2.44. The summed E-state index contributed by atoms with van der Waals surface area (Å²) in [5, 5.41) is 12.0. The van der Waals surface area contributed by atoms with Crippen LogP contribution in [-0.2, 0) is 25.0 Å². The fraction of sp³-hybridized carbons (Fsp3) is 0.250. The summed E-state index contributed by atoms with van der Waals surface area (Å²) in [6.07, 6.45) is 4.02. The molecule has 1 atom stereocenters. The standard InChI is InChI=1S/C12H13NO8S2/c1-7(14)13-12(23(19,20)21)6-9(22(16,17)18)5-8-3-2-4-10(15)11(8)12/h2-3,5-6,15H,4H2,1H3,(H,13,14)(H,16,17,18)(H,19,20,21). The molecule has 4 N–H and O–H groups in total. The van der Waals surface area contributed by atoms with Gasteiger partial charge in [-0.25, -0.2) is 0 Å². The van der Waals surface area contributed by atoms with Crippen molar-refractivity contribution in [3.05, 3.63) is 46.1 Å². The lowest BCUT2D eigenvalue weighted by Crippen LogP contribution is -2.55. The molecule has 0 bridgehead atoms. The number of fused-ring (bicyclic) bond motifs is 1. The second-order valence-corrected chi connectivity index (χ2v) is 7.96. The van der Waals surface area contributed by atoms with Crippen LogP contribution in [-0.4, -0.2) is 41.8 Å². The minimum absolute atomic E-state index is 0.0847. The smallest absolute Gasteiger partial charge is 0.297 e. The third-order valence-electron chi connectivity index (χ3n) is 3.27. The lowest BCUT2D eigenvalue weighted by molar-refractivity contribution is -0.119. The van der Waals surface area contributed by atoms with E-state index in [9.17, 15) is 35.8 Å². The third-order valence-corrected chi connectivity index (χ3v) is 5.34. The van der Waals surface area contributed by atoms with Gasteiger partial charge in [0.1, 0.15) is 5.76 Å². The molecule has 126 valence electrons. The molecule has 1 amide bonds. The van der Waals surface area contributed by atoms with Crippen LogP contribution in [0.1, 0.15) is 13.3 Å². The molecule has 0 radical (unpaired) electrons. The van der Waals surface area contributed by atoms with Gasteiger partial charge in [0, 0.05) is 18.9 Å². The first-order valence-electron chi connectivity index (χ1n) is 6.16. The summed E-state index contributed by atoms with van der Waals surface area (Å²) >= 11 is 0. The van der Waals surface area contributed by atoms with E-state index in [0.29, 0.717) is 6.08 Å². The predicted octanol–water partition coefficient (Wildman–Crippen LogP) is 0.190. The molecule has 0 aliphatic heterocycles. The van der Waals surface area contributed by atoms with Gasteiger partial charge in [-0.15, -0.1) is 0 Å². The van der Waals surface area contributed by atoms with E-state index in [1.165, 1.54) is 12.2 Å². The summed E-state index contributed by atoms with van der Waals surface area (Å²) in [5.74, 6) is -1.39. The number of allylic oxidation sites excluding steroid dienone is 3. The van der Waals surface area contributed by atoms with Crippen molar-refractivity contribution >= 4 is 26.1 Å². The van der Waals surface area contributed by atoms with Gasteiger partial charge in [-0.2, -0.15) is 16.8 Å². The van der Waals surface area contributed by atoms with Gasteiger partial charge in [0.2, 0.25) is 10.8 Å². The first kappa shape index (κ1) is 17.4. The molecule has 0 spiro atoms. The van der Waals surface area contributed by atoms with Gasteiger partial charge in [-0.3, -0.25) is 13.9 Å². The van der Waals surface area contributed by atoms with E-state index in [4.69, 9.17) is 0 Å². The van der Waals surface area contributed by atoms with E-state index in [1.54, 1.807) is 0 Å². The van der Waals surface area contributed by atoms with Gasteiger partial charge in [-0.05, 0) is 17.7 Å². The van der Waals surface area contributed by atoms with Gasteiger partial charge < -0.3 is 10.4 Å². The highest BCUT2D eigenvalue weighted by atomic mass is 32.2. The Labute approximate surface area is 132 Å². The van der Waals surface area contributed by atoms with E-state index >= 15 is 0 Å². The van der Waals surface area contributed by atoms with Crippen LogP contribution in [0.5, 0.6) is 0 Å². The zero-order valence-electron chi connectivity index (χ0n) is 11.7. The molecule has 0 aromatic heterocycles. The monoisotopic (exact) mass is 363 g/mol. The number of rotatable bonds is 3. The average Bonchev–Trinajstić information content (AvgIpc) is 2.35. The molecule has 0 saturated heterocycles. The minimum Gasteiger partial charge on any atom is -0.512 e. The largest absolute Gasteiger partial charge is 0.512 e. The van der Waals surface area contributed by atoms with Crippen molar-refractivity contribution in [3.8, 4) is 0 Å². The van der Waals surface area contributed by atoms with Gasteiger partial charge in [-0.1, -0.05) is 12.2 Å². The van der Waals surface area contributed by atoms with Crippen LogP contribution in [0.2, 0.25) is 0 Å². The summed E-state index contributed by atoms with van der Waals surface area (Å²) in [4.78, 5) is 7.85. The van der Waals surface area contributed by atoms with Crippen LogP contribution in [0, 0.1) is 0 Å². The molecule has 9 nitrogen and oxygen atoms in total. The van der Waals surface area contributed by atoms with Gasteiger partial charge in [0.05, 0.1) is 4.91 Å². The van der Waals surface area contributed by atoms with E-state index in [0.717, 1.165) is 13.0 Å². The van der Waals surface area contributed by atoms with Crippen molar-refractivity contribution in [1.82, 2.24) is 5.32 Å². The number of aliphatic hydroxyl groups is 1. The molecular formula is C12H13NO8S2. The second kappa shape index (κ2) is 5.30. The van der Waals surface area contributed by atoms with E-state index in [1.807, 2.05) is 5.32 Å². The lowest BCUT2D eigenvalue weighted by Gasteiger charge is -2.36. The lowest BCUT2D eigenvalue weighted by atomic mass is 9.87. The molecule has 23 heavy (non-hydrogen) atoms. The Bertz CT molecular complexity index is 905. The summed E-state index contributed by atoms with van der Waals surface area (Å²) < 4.78 is 65.5. The third kappa shape index (κ3) is 2.95. The molecule has 2 aliphatic carbocycles. The van der Waals surface area contributed by atoms with E-state index in [2.05, 4.69) is 0 Å².